The number of nitrogens with zero attached hydrogens (tertiary/aromatic N) is 3. The number of pyridine rings is 1. The van der Waals surface area contributed by atoms with Crippen LogP contribution in [0.5, 0.6) is 0 Å². The Labute approximate surface area is 94.9 Å². The molecule has 0 aliphatic carbocycles. The van der Waals surface area contributed by atoms with Gasteiger partial charge in [-0.2, -0.15) is 5.26 Å². The van der Waals surface area contributed by atoms with Crippen molar-refractivity contribution in [2.75, 3.05) is 23.7 Å². The van der Waals surface area contributed by atoms with Gasteiger partial charge in [0.2, 0.25) is 0 Å². The van der Waals surface area contributed by atoms with E-state index in [1.54, 1.807) is 18.5 Å². The van der Waals surface area contributed by atoms with Crippen molar-refractivity contribution in [1.82, 2.24) is 4.98 Å². The molecule has 0 atom stereocenters. The topological polar surface area (TPSA) is 75.2 Å². The van der Waals surface area contributed by atoms with Gasteiger partial charge in [-0.1, -0.05) is 0 Å². The average Bonchev–Trinajstić information content (AvgIpc) is 2.32. The van der Waals surface area contributed by atoms with Crippen molar-refractivity contribution < 1.29 is 4.65 Å². The van der Waals surface area contributed by atoms with Crippen molar-refractivity contribution in [2.45, 2.75) is 12.6 Å². The summed E-state index contributed by atoms with van der Waals surface area (Å²) in [6.45, 7) is 1.85. The highest BCUT2D eigenvalue weighted by atomic mass is 16.4. The molecule has 0 saturated carbocycles. The van der Waals surface area contributed by atoms with E-state index in [0.717, 1.165) is 31.4 Å². The molecule has 0 unspecified atom stereocenters. The summed E-state index contributed by atoms with van der Waals surface area (Å²) in [5.41, 5.74) is 6.61. The van der Waals surface area contributed by atoms with Gasteiger partial charge in [-0.05, 0) is 24.8 Å². The third-order valence-corrected chi connectivity index (χ3v) is 2.80. The Hall–Kier alpha value is -1.90. The molecular weight excluding hydrogens is 203 g/mol. The lowest BCUT2D eigenvalue weighted by atomic mass is 9.59. The van der Waals surface area contributed by atoms with Crippen molar-refractivity contribution >= 4 is 18.4 Å². The molecule has 1 aliphatic rings. The van der Waals surface area contributed by atoms with E-state index >= 15 is 0 Å². The SMILES string of the molecule is N#COB1CCN(c2ccc(N)nc2)CC1. The summed E-state index contributed by atoms with van der Waals surface area (Å²) in [4.78, 5) is 6.29. The first-order chi connectivity index (χ1) is 7.79. The fraction of sp³-hybridized carbons (Fsp3) is 0.400. The van der Waals surface area contributed by atoms with Crippen molar-refractivity contribution in [3.63, 3.8) is 0 Å². The second-order valence-corrected chi connectivity index (χ2v) is 3.84. The van der Waals surface area contributed by atoms with Crippen molar-refractivity contribution in [3.05, 3.63) is 18.3 Å². The van der Waals surface area contributed by atoms with Crippen LogP contribution in [-0.4, -0.2) is 25.0 Å². The predicted octanol–water partition coefficient (Wildman–Crippen LogP) is 0.973. The third-order valence-electron chi connectivity index (χ3n) is 2.80. The summed E-state index contributed by atoms with van der Waals surface area (Å²) >= 11 is 0. The van der Waals surface area contributed by atoms with Gasteiger partial charge in [0.25, 0.3) is 6.26 Å². The lowest BCUT2D eigenvalue weighted by Gasteiger charge is -2.30. The summed E-state index contributed by atoms with van der Waals surface area (Å²) in [5.74, 6) is 0.534. The van der Waals surface area contributed by atoms with E-state index in [2.05, 4.69) is 9.88 Å². The maximum Gasteiger partial charge on any atom is 0.376 e. The largest absolute Gasteiger partial charge is 0.497 e. The zero-order valence-corrected chi connectivity index (χ0v) is 8.97. The Balaban J connectivity index is 1.94. The van der Waals surface area contributed by atoms with Crippen LogP contribution >= 0.6 is 0 Å². The van der Waals surface area contributed by atoms with Gasteiger partial charge >= 0.3 is 6.92 Å². The number of hydrogen-bond acceptors (Lipinski definition) is 5. The van der Waals surface area contributed by atoms with E-state index in [1.165, 1.54) is 0 Å². The molecule has 1 aromatic rings. The number of anilines is 2. The van der Waals surface area contributed by atoms with Gasteiger partial charge in [0.05, 0.1) is 11.9 Å². The minimum Gasteiger partial charge on any atom is -0.497 e. The van der Waals surface area contributed by atoms with E-state index in [9.17, 15) is 0 Å². The molecule has 6 heteroatoms. The minimum atomic E-state index is 0.0722. The third kappa shape index (κ3) is 2.37. The summed E-state index contributed by atoms with van der Waals surface area (Å²) in [6, 6.07) is 3.76. The zero-order valence-electron chi connectivity index (χ0n) is 8.97. The molecule has 0 radical (unpaired) electrons. The molecule has 82 valence electrons. The first kappa shape index (κ1) is 10.6. The standard InChI is InChI=1S/C10H13BN4O/c12-8-16-11-3-5-15(6-4-11)9-1-2-10(13)14-7-9/h1-2,7H,3-6H2,(H2,13,14). The molecule has 0 bridgehead atoms. The summed E-state index contributed by atoms with van der Waals surface area (Å²) < 4.78 is 4.93. The molecule has 0 spiro atoms. The van der Waals surface area contributed by atoms with Gasteiger partial charge in [0.1, 0.15) is 5.82 Å². The fourth-order valence-corrected chi connectivity index (χ4v) is 1.89. The molecule has 0 aromatic carbocycles. The second kappa shape index (κ2) is 4.75. The first-order valence-corrected chi connectivity index (χ1v) is 5.31. The van der Waals surface area contributed by atoms with Gasteiger partial charge in [0, 0.05) is 13.1 Å². The molecule has 5 nitrogen and oxygen atoms in total. The molecule has 1 aromatic heterocycles. The fourth-order valence-electron chi connectivity index (χ4n) is 1.89. The smallest absolute Gasteiger partial charge is 0.376 e. The molecule has 0 amide bonds. The molecule has 2 heterocycles. The van der Waals surface area contributed by atoms with E-state index in [1.807, 2.05) is 6.07 Å². The van der Waals surface area contributed by atoms with Crippen LogP contribution in [0.4, 0.5) is 11.5 Å². The Morgan fingerprint density at radius 3 is 2.75 bits per heavy atom. The van der Waals surface area contributed by atoms with Crippen LogP contribution in [-0.2, 0) is 4.65 Å². The summed E-state index contributed by atoms with van der Waals surface area (Å²) in [7, 11) is 0. The summed E-state index contributed by atoms with van der Waals surface area (Å²) in [5, 5.41) is 8.42. The normalized spacial score (nSPS) is 15.7. The van der Waals surface area contributed by atoms with Gasteiger partial charge in [-0.3, -0.25) is 0 Å². The van der Waals surface area contributed by atoms with E-state index in [-0.39, 0.29) is 6.92 Å². The van der Waals surface area contributed by atoms with Crippen molar-refractivity contribution in [1.29, 1.82) is 5.26 Å². The Morgan fingerprint density at radius 1 is 1.44 bits per heavy atom. The zero-order chi connectivity index (χ0) is 11.4. The number of hydrogen-bond donors (Lipinski definition) is 1. The number of aromatic nitrogens is 1. The van der Waals surface area contributed by atoms with Crippen LogP contribution in [0, 0.1) is 11.5 Å². The predicted molar refractivity (Wildman–Crippen MR) is 62.9 cm³/mol. The molecule has 1 saturated heterocycles. The van der Waals surface area contributed by atoms with E-state index in [0.29, 0.717) is 5.82 Å². The molecule has 2 N–H and O–H groups in total. The molecule has 1 aliphatic heterocycles. The lowest BCUT2D eigenvalue weighted by molar-refractivity contribution is 0.502. The Morgan fingerprint density at radius 2 is 2.19 bits per heavy atom. The van der Waals surface area contributed by atoms with Gasteiger partial charge in [0.15, 0.2) is 0 Å². The van der Waals surface area contributed by atoms with Crippen molar-refractivity contribution in [3.8, 4) is 6.26 Å². The summed E-state index contributed by atoms with van der Waals surface area (Å²) in [6.07, 6.45) is 5.28. The lowest BCUT2D eigenvalue weighted by Crippen LogP contribution is -2.38. The molecule has 2 rings (SSSR count). The monoisotopic (exact) mass is 216 g/mol. The highest BCUT2D eigenvalue weighted by Crippen LogP contribution is 2.20. The molecule has 1 fully saturated rings. The quantitative estimate of drug-likeness (QED) is 0.588. The number of nitrogens with two attached hydrogens (primary N) is 1. The maximum absolute atomic E-state index is 8.42. The molecular formula is C10H13BN4O. The van der Waals surface area contributed by atoms with Crippen LogP contribution in [0.2, 0.25) is 12.6 Å². The van der Waals surface area contributed by atoms with Crippen LogP contribution in [0.1, 0.15) is 0 Å². The van der Waals surface area contributed by atoms with Gasteiger partial charge < -0.3 is 15.3 Å². The average molecular weight is 216 g/mol. The number of nitrogen functional groups attached to an aromatic ring is 1. The van der Waals surface area contributed by atoms with Gasteiger partial charge in [-0.25, -0.2) is 4.98 Å². The first-order valence-electron chi connectivity index (χ1n) is 5.31. The number of rotatable bonds is 2. The Bertz CT molecular complexity index is 381. The Kier molecular flexibility index (Phi) is 3.15. The van der Waals surface area contributed by atoms with Gasteiger partial charge in [-0.15, -0.1) is 0 Å². The van der Waals surface area contributed by atoms with Crippen LogP contribution in [0.15, 0.2) is 18.3 Å². The number of nitriles is 1. The van der Waals surface area contributed by atoms with E-state index < -0.39 is 0 Å². The maximum atomic E-state index is 8.42. The van der Waals surface area contributed by atoms with Crippen LogP contribution in [0.25, 0.3) is 0 Å². The van der Waals surface area contributed by atoms with Crippen LogP contribution < -0.4 is 10.6 Å². The minimum absolute atomic E-state index is 0.0722. The second-order valence-electron chi connectivity index (χ2n) is 3.84. The highest BCUT2D eigenvalue weighted by Gasteiger charge is 2.25. The van der Waals surface area contributed by atoms with Crippen LogP contribution in [0.3, 0.4) is 0 Å². The van der Waals surface area contributed by atoms with Crippen molar-refractivity contribution in [2.24, 2.45) is 0 Å². The molecule has 16 heavy (non-hydrogen) atoms. The van der Waals surface area contributed by atoms with E-state index in [4.69, 9.17) is 15.6 Å². The highest BCUT2D eigenvalue weighted by molar-refractivity contribution is 6.52.